The molecular weight excluding hydrogens is 524 g/mol. The summed E-state index contributed by atoms with van der Waals surface area (Å²) in [4.78, 5) is 50.9. The fraction of sp³-hybridized carbons (Fsp3) is 0.333. The van der Waals surface area contributed by atoms with Crippen molar-refractivity contribution in [1.82, 2.24) is 15.5 Å². The molecule has 1 fully saturated rings. The highest BCUT2D eigenvalue weighted by atomic mass is 16.5. The summed E-state index contributed by atoms with van der Waals surface area (Å²) in [5.41, 5.74) is 8.59. The molecule has 4 amide bonds. The van der Waals surface area contributed by atoms with Gasteiger partial charge in [-0.3, -0.25) is 24.5 Å². The van der Waals surface area contributed by atoms with Gasteiger partial charge in [-0.05, 0) is 56.5 Å². The monoisotopic (exact) mass is 556 g/mol. The number of nitrogens with one attached hydrogen (secondary N) is 2. The van der Waals surface area contributed by atoms with Crippen LogP contribution in [-0.2, 0) is 20.9 Å². The first-order chi connectivity index (χ1) is 19.9. The second kappa shape index (κ2) is 12.3. The Morgan fingerprint density at radius 3 is 2.63 bits per heavy atom. The molecule has 1 atom stereocenters. The summed E-state index contributed by atoms with van der Waals surface area (Å²) in [5, 5.41) is 15.8. The summed E-state index contributed by atoms with van der Waals surface area (Å²) >= 11 is 0. The molecule has 2 heterocycles. The Hall–Kier alpha value is -4.64. The van der Waals surface area contributed by atoms with Crippen LogP contribution in [0.15, 0.2) is 58.8 Å². The molecule has 0 aromatic heterocycles. The van der Waals surface area contributed by atoms with Crippen molar-refractivity contribution < 1.29 is 23.9 Å². The highest BCUT2D eigenvalue weighted by Crippen LogP contribution is 2.39. The van der Waals surface area contributed by atoms with Crippen LogP contribution in [0.2, 0.25) is 0 Å². The average molecular weight is 557 g/mol. The molecule has 0 radical (unpaired) electrons. The van der Waals surface area contributed by atoms with Gasteiger partial charge in [-0.1, -0.05) is 30.3 Å². The maximum absolute atomic E-state index is 13.1. The molecule has 5 rings (SSSR count). The third-order valence-corrected chi connectivity index (χ3v) is 7.28. The molecular formula is C30H32N6O5. The van der Waals surface area contributed by atoms with E-state index in [9.17, 15) is 19.2 Å². The number of carbonyl (C=O) groups is 4. The van der Waals surface area contributed by atoms with E-state index in [1.807, 2.05) is 37.3 Å². The van der Waals surface area contributed by atoms with E-state index < -0.39 is 11.9 Å². The lowest BCUT2D eigenvalue weighted by molar-refractivity contribution is -0.137. The van der Waals surface area contributed by atoms with Crippen LogP contribution in [0.25, 0.3) is 10.8 Å². The van der Waals surface area contributed by atoms with Crippen molar-refractivity contribution in [2.24, 2.45) is 16.0 Å². The molecule has 0 saturated carbocycles. The zero-order chi connectivity index (χ0) is 28.9. The predicted molar refractivity (Wildman–Crippen MR) is 152 cm³/mol. The second-order valence-electron chi connectivity index (χ2n) is 10.1. The fourth-order valence-electron chi connectivity index (χ4n) is 5.20. The summed E-state index contributed by atoms with van der Waals surface area (Å²) in [6, 6.07) is 14.0. The van der Waals surface area contributed by atoms with Gasteiger partial charge in [-0.15, -0.1) is 5.11 Å². The van der Waals surface area contributed by atoms with Crippen molar-refractivity contribution in [3.63, 3.8) is 0 Å². The molecule has 0 aliphatic carbocycles. The molecule has 0 spiro atoms. The van der Waals surface area contributed by atoms with Gasteiger partial charge in [0, 0.05) is 41.4 Å². The molecule has 1 unspecified atom stereocenters. The Balaban J connectivity index is 1.36. The van der Waals surface area contributed by atoms with Crippen molar-refractivity contribution in [1.29, 1.82) is 0 Å². The van der Waals surface area contributed by atoms with E-state index in [-0.39, 0.29) is 43.7 Å². The first-order valence-corrected chi connectivity index (χ1v) is 13.7. The number of unbranched alkanes of at least 4 members (excludes halogenated alkanes) is 1. The van der Waals surface area contributed by atoms with Crippen LogP contribution >= 0.6 is 0 Å². The number of aryl methyl sites for hydroxylation is 1. The fourth-order valence-corrected chi connectivity index (χ4v) is 5.20. The number of ether oxygens (including phenoxy) is 1. The van der Waals surface area contributed by atoms with Gasteiger partial charge in [0.05, 0.1) is 11.4 Å². The van der Waals surface area contributed by atoms with Crippen molar-refractivity contribution in [2.45, 2.75) is 45.2 Å². The first kappa shape index (κ1) is 27.9. The number of hydrogen-bond donors (Lipinski definition) is 3. The molecule has 11 heteroatoms. The molecule has 212 valence electrons. The lowest BCUT2D eigenvalue weighted by Gasteiger charge is -2.29. The van der Waals surface area contributed by atoms with E-state index in [1.165, 1.54) is 4.90 Å². The third-order valence-electron chi connectivity index (χ3n) is 7.28. The zero-order valence-corrected chi connectivity index (χ0v) is 22.8. The number of fused-ring (bicyclic) bond motifs is 2. The maximum atomic E-state index is 13.1. The van der Waals surface area contributed by atoms with E-state index in [4.69, 9.17) is 10.5 Å². The Morgan fingerprint density at radius 2 is 1.85 bits per heavy atom. The topological polar surface area (TPSA) is 156 Å². The zero-order valence-electron chi connectivity index (χ0n) is 22.8. The summed E-state index contributed by atoms with van der Waals surface area (Å²) in [5.74, 6) is -0.655. The third kappa shape index (κ3) is 5.94. The van der Waals surface area contributed by atoms with Crippen LogP contribution in [0.1, 0.15) is 47.2 Å². The highest BCUT2D eigenvalue weighted by Gasteiger charge is 2.39. The molecule has 3 aromatic carbocycles. The quantitative estimate of drug-likeness (QED) is 0.197. The van der Waals surface area contributed by atoms with Crippen molar-refractivity contribution in [3.8, 4) is 5.75 Å². The van der Waals surface area contributed by atoms with Gasteiger partial charge < -0.3 is 20.7 Å². The molecule has 11 nitrogen and oxygen atoms in total. The van der Waals surface area contributed by atoms with Crippen LogP contribution < -0.4 is 21.1 Å². The Bertz CT molecular complexity index is 1550. The number of piperidine rings is 1. The van der Waals surface area contributed by atoms with Gasteiger partial charge in [0.15, 0.2) is 6.61 Å². The number of benzene rings is 3. The summed E-state index contributed by atoms with van der Waals surface area (Å²) in [6.45, 7) is 3.13. The number of nitrogens with two attached hydrogens (primary N) is 1. The first-order valence-electron chi connectivity index (χ1n) is 13.7. The normalized spacial score (nSPS) is 16.8. The molecule has 0 bridgehead atoms. The Kier molecular flexibility index (Phi) is 8.34. The average Bonchev–Trinajstić information content (AvgIpc) is 3.30. The number of nitrogens with zero attached hydrogens (tertiary/aromatic N) is 3. The minimum absolute atomic E-state index is 0.109. The van der Waals surface area contributed by atoms with Gasteiger partial charge in [0.1, 0.15) is 11.8 Å². The highest BCUT2D eigenvalue weighted by molar-refractivity contribution is 6.06. The van der Waals surface area contributed by atoms with Crippen molar-refractivity contribution >= 4 is 45.8 Å². The van der Waals surface area contributed by atoms with Crippen LogP contribution in [0, 0.1) is 6.92 Å². The molecule has 2 aliphatic rings. The maximum Gasteiger partial charge on any atom is 0.257 e. The van der Waals surface area contributed by atoms with Crippen molar-refractivity contribution in [3.05, 3.63) is 65.2 Å². The molecule has 1 saturated heterocycles. The standard InChI is InChI=1S/C30H32N6O5/c1-18-15-24(19-7-2-3-8-20(19)28(18)41-17-27(38)32-14-5-4-13-31)35-34-23-10-6-9-21-22(23)16-36(30(21)40)25-11-12-26(37)33-29(25)39/h2-3,6-10,15,25H,4-5,11-14,16-17,31H2,1H3,(H,32,38)(H,33,37,39)/b35-34+. The Morgan fingerprint density at radius 1 is 1.07 bits per heavy atom. The minimum Gasteiger partial charge on any atom is -0.483 e. The van der Waals surface area contributed by atoms with Crippen LogP contribution in [-0.4, -0.2) is 54.3 Å². The predicted octanol–water partition coefficient (Wildman–Crippen LogP) is 3.56. The number of amides is 4. The second-order valence-corrected chi connectivity index (χ2v) is 10.1. The summed E-state index contributed by atoms with van der Waals surface area (Å²) in [7, 11) is 0. The van der Waals surface area contributed by atoms with E-state index in [1.54, 1.807) is 18.2 Å². The van der Waals surface area contributed by atoms with Crippen molar-refractivity contribution in [2.75, 3.05) is 19.7 Å². The molecule has 4 N–H and O–H groups in total. The van der Waals surface area contributed by atoms with Gasteiger partial charge in [-0.2, -0.15) is 5.11 Å². The number of rotatable bonds is 10. The van der Waals surface area contributed by atoms with E-state index in [0.29, 0.717) is 41.3 Å². The lowest BCUT2D eigenvalue weighted by Crippen LogP contribution is -2.52. The summed E-state index contributed by atoms with van der Waals surface area (Å²) in [6.07, 6.45) is 2.14. The van der Waals surface area contributed by atoms with E-state index in [2.05, 4.69) is 20.9 Å². The number of imide groups is 1. The largest absolute Gasteiger partial charge is 0.483 e. The van der Waals surface area contributed by atoms with Gasteiger partial charge in [-0.25, -0.2) is 0 Å². The number of hydrogen-bond acceptors (Lipinski definition) is 8. The minimum atomic E-state index is -0.704. The smallest absolute Gasteiger partial charge is 0.257 e. The van der Waals surface area contributed by atoms with Gasteiger partial charge in [0.25, 0.3) is 11.8 Å². The van der Waals surface area contributed by atoms with Gasteiger partial charge in [0.2, 0.25) is 11.8 Å². The van der Waals surface area contributed by atoms with Crippen LogP contribution in [0.3, 0.4) is 0 Å². The molecule has 3 aromatic rings. The number of carbonyl (C=O) groups excluding carboxylic acids is 4. The molecule has 2 aliphatic heterocycles. The Labute approximate surface area is 237 Å². The lowest BCUT2D eigenvalue weighted by atomic mass is 10.0. The van der Waals surface area contributed by atoms with E-state index in [0.717, 1.165) is 29.2 Å². The summed E-state index contributed by atoms with van der Waals surface area (Å²) < 4.78 is 5.94. The van der Waals surface area contributed by atoms with Crippen LogP contribution in [0.4, 0.5) is 11.4 Å². The van der Waals surface area contributed by atoms with E-state index >= 15 is 0 Å². The van der Waals surface area contributed by atoms with Gasteiger partial charge >= 0.3 is 0 Å². The molecule has 41 heavy (non-hydrogen) atoms. The number of azo groups is 1. The SMILES string of the molecule is Cc1cc(/N=N/c2cccc3c2CN(C2CCC(=O)NC2=O)C3=O)c2ccccc2c1OCC(=O)NCCCCN. The van der Waals surface area contributed by atoms with Crippen LogP contribution in [0.5, 0.6) is 5.75 Å².